The SMILES string of the molecule is CC1(C)OCC(CCOC(C(=O)O)(c2ccccc2)c2cccc(C(F)(F)F)c2)O1. The van der Waals surface area contributed by atoms with Crippen molar-refractivity contribution in [1.29, 1.82) is 0 Å². The van der Waals surface area contributed by atoms with Gasteiger partial charge in [0.15, 0.2) is 5.79 Å². The Balaban J connectivity index is 1.96. The fourth-order valence-corrected chi connectivity index (χ4v) is 3.48. The molecule has 8 heteroatoms. The molecule has 1 aliphatic rings. The van der Waals surface area contributed by atoms with Crippen LogP contribution in [-0.4, -0.2) is 36.2 Å². The molecule has 162 valence electrons. The highest BCUT2D eigenvalue weighted by Crippen LogP contribution is 2.38. The largest absolute Gasteiger partial charge is 0.479 e. The predicted octanol–water partition coefficient (Wildman–Crippen LogP) is 4.59. The van der Waals surface area contributed by atoms with Crippen LogP contribution in [-0.2, 0) is 30.8 Å². The molecule has 1 N–H and O–H groups in total. The van der Waals surface area contributed by atoms with E-state index < -0.39 is 29.1 Å². The van der Waals surface area contributed by atoms with E-state index in [1.54, 1.807) is 32.0 Å². The third-order valence-electron chi connectivity index (χ3n) is 4.90. The van der Waals surface area contributed by atoms with Gasteiger partial charge in [-0.2, -0.15) is 13.2 Å². The Kier molecular flexibility index (Phi) is 6.21. The van der Waals surface area contributed by atoms with E-state index in [1.165, 1.54) is 24.3 Å². The second kappa shape index (κ2) is 8.37. The van der Waals surface area contributed by atoms with Gasteiger partial charge in [0.25, 0.3) is 0 Å². The molecule has 1 heterocycles. The first kappa shape index (κ1) is 22.3. The molecular formula is C22H23F3O5. The van der Waals surface area contributed by atoms with Crippen molar-refractivity contribution >= 4 is 5.97 Å². The van der Waals surface area contributed by atoms with Gasteiger partial charge in [-0.25, -0.2) is 4.79 Å². The first-order chi connectivity index (χ1) is 14.0. The minimum atomic E-state index is -4.61. The molecule has 1 saturated heterocycles. The number of benzene rings is 2. The van der Waals surface area contributed by atoms with Crippen LogP contribution in [0.25, 0.3) is 0 Å². The third kappa shape index (κ3) is 4.66. The first-order valence-electron chi connectivity index (χ1n) is 9.47. The van der Waals surface area contributed by atoms with Gasteiger partial charge in [0, 0.05) is 5.56 Å². The van der Waals surface area contributed by atoms with Gasteiger partial charge in [-0.1, -0.05) is 42.5 Å². The molecule has 0 spiro atoms. The molecular weight excluding hydrogens is 401 g/mol. The van der Waals surface area contributed by atoms with E-state index in [2.05, 4.69) is 0 Å². The van der Waals surface area contributed by atoms with Gasteiger partial charge in [-0.05, 0) is 38.0 Å². The average Bonchev–Trinajstić information content (AvgIpc) is 3.04. The Bertz CT molecular complexity index is 882. The van der Waals surface area contributed by atoms with Gasteiger partial charge in [0.05, 0.1) is 24.9 Å². The lowest BCUT2D eigenvalue weighted by molar-refractivity contribution is -0.165. The Hall–Kier alpha value is -2.42. The third-order valence-corrected chi connectivity index (χ3v) is 4.90. The Morgan fingerprint density at radius 2 is 1.73 bits per heavy atom. The van der Waals surface area contributed by atoms with Crippen molar-refractivity contribution in [1.82, 2.24) is 0 Å². The molecule has 1 aliphatic heterocycles. The molecule has 0 saturated carbocycles. The molecule has 0 aromatic heterocycles. The Morgan fingerprint density at radius 3 is 2.30 bits per heavy atom. The molecule has 0 radical (unpaired) electrons. The topological polar surface area (TPSA) is 65.0 Å². The fourth-order valence-electron chi connectivity index (χ4n) is 3.48. The second-order valence-electron chi connectivity index (χ2n) is 7.52. The molecule has 0 bridgehead atoms. The molecule has 30 heavy (non-hydrogen) atoms. The van der Waals surface area contributed by atoms with Crippen molar-refractivity contribution in [3.63, 3.8) is 0 Å². The summed E-state index contributed by atoms with van der Waals surface area (Å²) in [5.74, 6) is -2.15. The summed E-state index contributed by atoms with van der Waals surface area (Å²) in [4.78, 5) is 12.5. The fraction of sp³-hybridized carbons (Fsp3) is 0.409. The number of carbonyl (C=O) groups is 1. The highest BCUT2D eigenvalue weighted by Gasteiger charge is 2.45. The summed E-state index contributed by atoms with van der Waals surface area (Å²) in [6.45, 7) is 3.80. The molecule has 3 rings (SSSR count). The lowest BCUT2D eigenvalue weighted by atomic mass is 9.85. The summed E-state index contributed by atoms with van der Waals surface area (Å²) in [5, 5.41) is 10.1. The first-order valence-corrected chi connectivity index (χ1v) is 9.47. The number of hydrogen-bond acceptors (Lipinski definition) is 4. The van der Waals surface area contributed by atoms with Crippen molar-refractivity contribution in [2.75, 3.05) is 13.2 Å². The second-order valence-corrected chi connectivity index (χ2v) is 7.52. The zero-order valence-corrected chi connectivity index (χ0v) is 16.6. The van der Waals surface area contributed by atoms with E-state index in [1.807, 2.05) is 0 Å². The van der Waals surface area contributed by atoms with Crippen molar-refractivity contribution in [3.05, 3.63) is 71.3 Å². The van der Waals surface area contributed by atoms with Crippen LogP contribution in [0.3, 0.4) is 0 Å². The van der Waals surface area contributed by atoms with Gasteiger partial charge in [0.2, 0.25) is 5.60 Å². The van der Waals surface area contributed by atoms with E-state index in [-0.39, 0.29) is 23.8 Å². The summed E-state index contributed by atoms with van der Waals surface area (Å²) in [6.07, 6.45) is -4.59. The maximum absolute atomic E-state index is 13.3. The van der Waals surface area contributed by atoms with Gasteiger partial charge in [0.1, 0.15) is 0 Å². The van der Waals surface area contributed by atoms with Gasteiger partial charge in [-0.15, -0.1) is 0 Å². The van der Waals surface area contributed by atoms with E-state index >= 15 is 0 Å². The van der Waals surface area contributed by atoms with Crippen LogP contribution in [0.4, 0.5) is 13.2 Å². The standard InChI is InChI=1S/C22H23F3O5/c1-20(2)29-14-18(30-20)11-12-28-21(19(26)27,15-7-4-3-5-8-15)16-9-6-10-17(13-16)22(23,24)25/h3-10,13,18H,11-12,14H2,1-2H3,(H,26,27). The lowest BCUT2D eigenvalue weighted by Gasteiger charge is -2.31. The van der Waals surface area contributed by atoms with Crippen molar-refractivity contribution in [2.45, 2.75) is 43.9 Å². The number of rotatable bonds is 7. The zero-order chi connectivity index (χ0) is 22.0. The molecule has 1 fully saturated rings. The number of aliphatic carboxylic acids is 1. The Labute approximate surface area is 172 Å². The van der Waals surface area contributed by atoms with E-state index in [0.717, 1.165) is 12.1 Å². The van der Waals surface area contributed by atoms with Crippen molar-refractivity contribution < 1.29 is 37.3 Å². The minimum Gasteiger partial charge on any atom is -0.479 e. The predicted molar refractivity (Wildman–Crippen MR) is 102 cm³/mol. The highest BCUT2D eigenvalue weighted by atomic mass is 19.4. The molecule has 2 aromatic carbocycles. The van der Waals surface area contributed by atoms with Crippen LogP contribution in [0.1, 0.15) is 37.0 Å². The number of hydrogen-bond donors (Lipinski definition) is 1. The quantitative estimate of drug-likeness (QED) is 0.704. The molecule has 5 nitrogen and oxygen atoms in total. The summed E-state index contributed by atoms with van der Waals surface area (Å²) in [5.41, 5.74) is -2.93. The molecule has 0 aliphatic carbocycles. The van der Waals surface area contributed by atoms with Crippen LogP contribution in [0.15, 0.2) is 54.6 Å². The summed E-state index contributed by atoms with van der Waals surface area (Å²) < 4.78 is 56.9. The van der Waals surface area contributed by atoms with E-state index in [9.17, 15) is 23.1 Å². The van der Waals surface area contributed by atoms with Crippen molar-refractivity contribution in [2.24, 2.45) is 0 Å². The number of ether oxygens (including phenoxy) is 3. The van der Waals surface area contributed by atoms with E-state index in [4.69, 9.17) is 14.2 Å². The van der Waals surface area contributed by atoms with Gasteiger partial charge in [-0.3, -0.25) is 0 Å². The summed E-state index contributed by atoms with van der Waals surface area (Å²) in [7, 11) is 0. The monoisotopic (exact) mass is 424 g/mol. The molecule has 2 unspecified atom stereocenters. The Morgan fingerprint density at radius 1 is 1.10 bits per heavy atom. The molecule has 2 atom stereocenters. The molecule has 0 amide bonds. The summed E-state index contributed by atoms with van der Waals surface area (Å²) in [6, 6.07) is 12.2. The van der Waals surface area contributed by atoms with Crippen LogP contribution < -0.4 is 0 Å². The number of halogens is 3. The highest BCUT2D eigenvalue weighted by molar-refractivity contribution is 5.84. The van der Waals surface area contributed by atoms with Crippen LogP contribution in [0.5, 0.6) is 0 Å². The lowest BCUT2D eigenvalue weighted by Crippen LogP contribution is -2.41. The van der Waals surface area contributed by atoms with Crippen LogP contribution in [0, 0.1) is 0 Å². The van der Waals surface area contributed by atoms with Crippen LogP contribution >= 0.6 is 0 Å². The van der Waals surface area contributed by atoms with E-state index in [0.29, 0.717) is 13.0 Å². The summed E-state index contributed by atoms with van der Waals surface area (Å²) >= 11 is 0. The van der Waals surface area contributed by atoms with Gasteiger partial charge < -0.3 is 19.3 Å². The minimum absolute atomic E-state index is 0.0540. The normalized spacial score (nSPS) is 20.6. The van der Waals surface area contributed by atoms with Crippen LogP contribution in [0.2, 0.25) is 0 Å². The number of carboxylic acids is 1. The smallest absolute Gasteiger partial charge is 0.416 e. The molecule has 2 aromatic rings. The zero-order valence-electron chi connectivity index (χ0n) is 16.6. The maximum atomic E-state index is 13.3. The number of carboxylic acid groups (broad SMARTS) is 1. The van der Waals surface area contributed by atoms with Gasteiger partial charge >= 0.3 is 12.1 Å². The average molecular weight is 424 g/mol. The maximum Gasteiger partial charge on any atom is 0.416 e. The van der Waals surface area contributed by atoms with Crippen molar-refractivity contribution in [3.8, 4) is 0 Å². The number of alkyl halides is 3.